The number of hydrogen-bond donors (Lipinski definition) is 3. The molecule has 0 spiro atoms. The number of rotatable bonds is 6. The van der Waals surface area contributed by atoms with Crippen molar-refractivity contribution in [2.75, 3.05) is 6.61 Å². The molecular weight excluding hydrogens is 260 g/mol. The highest BCUT2D eigenvalue weighted by molar-refractivity contribution is 7.89. The smallest absolute Gasteiger partial charge is 0.337 e. The van der Waals surface area contributed by atoms with Gasteiger partial charge in [0.25, 0.3) is 10.0 Å². The van der Waals surface area contributed by atoms with Crippen LogP contribution in [0.5, 0.6) is 0 Å². The van der Waals surface area contributed by atoms with Crippen molar-refractivity contribution in [3.05, 3.63) is 23.9 Å². The molecule has 1 heterocycles. The van der Waals surface area contributed by atoms with Crippen molar-refractivity contribution in [3.63, 3.8) is 0 Å². The maximum atomic E-state index is 11.8. The van der Waals surface area contributed by atoms with Gasteiger partial charge >= 0.3 is 5.97 Å². The van der Waals surface area contributed by atoms with Crippen molar-refractivity contribution in [3.8, 4) is 0 Å². The number of sulfonamides is 1. The second kappa shape index (κ2) is 5.89. The fourth-order valence-electron chi connectivity index (χ4n) is 1.20. The van der Waals surface area contributed by atoms with E-state index in [1.54, 1.807) is 6.92 Å². The van der Waals surface area contributed by atoms with Crippen LogP contribution in [0.4, 0.5) is 0 Å². The van der Waals surface area contributed by atoms with Crippen LogP contribution in [0.25, 0.3) is 0 Å². The second-order valence-corrected chi connectivity index (χ2v) is 5.26. The molecule has 100 valence electrons. The molecule has 3 N–H and O–H groups in total. The number of carboxylic acid groups (broad SMARTS) is 1. The molecular formula is C10H14N2O5S. The zero-order valence-electron chi connectivity index (χ0n) is 9.70. The molecule has 1 aromatic rings. The van der Waals surface area contributed by atoms with Gasteiger partial charge in [-0.3, -0.25) is 0 Å². The van der Waals surface area contributed by atoms with E-state index < -0.39 is 22.0 Å². The highest BCUT2D eigenvalue weighted by Crippen LogP contribution is 2.08. The summed E-state index contributed by atoms with van der Waals surface area (Å²) in [4.78, 5) is 14.2. The van der Waals surface area contributed by atoms with Crippen LogP contribution in [-0.4, -0.2) is 42.2 Å². The van der Waals surface area contributed by atoms with Gasteiger partial charge in [0.2, 0.25) is 0 Å². The maximum absolute atomic E-state index is 11.8. The van der Waals surface area contributed by atoms with Crippen molar-refractivity contribution in [2.24, 2.45) is 0 Å². The van der Waals surface area contributed by atoms with Gasteiger partial charge in [-0.2, -0.15) is 0 Å². The Morgan fingerprint density at radius 2 is 2.17 bits per heavy atom. The lowest BCUT2D eigenvalue weighted by molar-refractivity contribution is 0.0696. The zero-order chi connectivity index (χ0) is 13.8. The molecule has 0 saturated heterocycles. The fraction of sp³-hybridized carbons (Fsp3) is 0.400. The molecule has 0 aliphatic heterocycles. The molecule has 7 nitrogen and oxygen atoms in total. The lowest BCUT2D eigenvalue weighted by atomic mass is 10.3. The first-order valence-corrected chi connectivity index (χ1v) is 6.71. The van der Waals surface area contributed by atoms with Gasteiger partial charge in [0.15, 0.2) is 5.03 Å². The summed E-state index contributed by atoms with van der Waals surface area (Å²) >= 11 is 0. The molecule has 8 heteroatoms. The highest BCUT2D eigenvalue weighted by Gasteiger charge is 2.20. The van der Waals surface area contributed by atoms with Crippen LogP contribution in [0.15, 0.2) is 23.4 Å². The van der Waals surface area contributed by atoms with E-state index in [1.807, 2.05) is 0 Å². The van der Waals surface area contributed by atoms with Gasteiger partial charge < -0.3 is 10.2 Å². The Morgan fingerprint density at radius 3 is 2.56 bits per heavy atom. The van der Waals surface area contributed by atoms with Crippen molar-refractivity contribution in [1.82, 2.24) is 9.71 Å². The normalized spacial score (nSPS) is 13.2. The topological polar surface area (TPSA) is 117 Å². The summed E-state index contributed by atoms with van der Waals surface area (Å²) in [6, 6.07) is 1.68. The molecule has 18 heavy (non-hydrogen) atoms. The van der Waals surface area contributed by atoms with Crippen LogP contribution in [0.2, 0.25) is 0 Å². The van der Waals surface area contributed by atoms with Gasteiger partial charge in [-0.25, -0.2) is 22.9 Å². The van der Waals surface area contributed by atoms with Crippen LogP contribution in [0.1, 0.15) is 23.7 Å². The van der Waals surface area contributed by atoms with Crippen molar-refractivity contribution >= 4 is 16.0 Å². The minimum atomic E-state index is -3.84. The Labute approximate surface area is 105 Å². The number of carbonyl (C=O) groups is 1. The lowest BCUT2D eigenvalue weighted by Gasteiger charge is -2.13. The summed E-state index contributed by atoms with van der Waals surface area (Å²) < 4.78 is 25.9. The van der Waals surface area contributed by atoms with Crippen LogP contribution >= 0.6 is 0 Å². The first kappa shape index (κ1) is 14.6. The Bertz CT molecular complexity index is 508. The van der Waals surface area contributed by atoms with Gasteiger partial charge in [0.05, 0.1) is 12.2 Å². The minimum absolute atomic E-state index is 0.0943. The number of aromatic carboxylic acids is 1. The van der Waals surface area contributed by atoms with E-state index in [9.17, 15) is 13.2 Å². The van der Waals surface area contributed by atoms with E-state index >= 15 is 0 Å². The fourth-order valence-corrected chi connectivity index (χ4v) is 2.43. The molecule has 0 aromatic carbocycles. The number of aliphatic hydroxyl groups excluding tert-OH is 1. The van der Waals surface area contributed by atoms with Crippen LogP contribution < -0.4 is 4.72 Å². The third kappa shape index (κ3) is 3.49. The lowest BCUT2D eigenvalue weighted by Crippen LogP contribution is -2.37. The number of nitrogens with one attached hydrogen (secondary N) is 1. The van der Waals surface area contributed by atoms with Crippen molar-refractivity contribution in [1.29, 1.82) is 0 Å². The third-order valence-electron chi connectivity index (χ3n) is 2.29. The maximum Gasteiger partial charge on any atom is 0.337 e. The molecule has 0 radical (unpaired) electrons. The molecule has 1 atom stereocenters. The summed E-state index contributed by atoms with van der Waals surface area (Å²) in [5, 5.41) is 17.3. The van der Waals surface area contributed by atoms with Gasteiger partial charge in [-0.1, -0.05) is 6.92 Å². The summed E-state index contributed by atoms with van der Waals surface area (Å²) in [6.07, 6.45) is 1.40. The second-order valence-electron chi connectivity index (χ2n) is 3.60. The molecule has 0 aliphatic rings. The van der Waals surface area contributed by atoms with Gasteiger partial charge in [-0.15, -0.1) is 0 Å². The predicted molar refractivity (Wildman–Crippen MR) is 62.7 cm³/mol. The zero-order valence-corrected chi connectivity index (χ0v) is 10.5. The van der Waals surface area contributed by atoms with Crippen molar-refractivity contribution < 1.29 is 23.4 Å². The van der Waals surface area contributed by atoms with E-state index in [0.29, 0.717) is 6.42 Å². The Balaban J connectivity index is 2.95. The molecule has 0 aliphatic carbocycles. The van der Waals surface area contributed by atoms with E-state index in [-0.39, 0.29) is 17.2 Å². The van der Waals surface area contributed by atoms with E-state index in [1.165, 1.54) is 0 Å². The van der Waals surface area contributed by atoms with Crippen LogP contribution in [-0.2, 0) is 10.0 Å². The van der Waals surface area contributed by atoms with E-state index in [0.717, 1.165) is 18.3 Å². The summed E-state index contributed by atoms with van der Waals surface area (Å²) in [7, 11) is -3.84. The van der Waals surface area contributed by atoms with Gasteiger partial charge in [0.1, 0.15) is 0 Å². The first-order chi connectivity index (χ1) is 8.40. The first-order valence-electron chi connectivity index (χ1n) is 5.23. The largest absolute Gasteiger partial charge is 0.478 e. The minimum Gasteiger partial charge on any atom is -0.478 e. The summed E-state index contributed by atoms with van der Waals surface area (Å²) in [5.41, 5.74) is -0.0943. The number of aromatic nitrogens is 1. The molecule has 0 amide bonds. The summed E-state index contributed by atoms with van der Waals surface area (Å²) in [5.74, 6) is -1.18. The highest BCUT2D eigenvalue weighted by atomic mass is 32.2. The van der Waals surface area contributed by atoms with Crippen LogP contribution in [0, 0.1) is 0 Å². The molecule has 0 fully saturated rings. The predicted octanol–water partition coefficient (Wildman–Crippen LogP) is -0.171. The quantitative estimate of drug-likeness (QED) is 0.663. The molecule has 0 saturated carbocycles. The summed E-state index contributed by atoms with van der Waals surface area (Å²) in [6.45, 7) is 1.41. The molecule has 1 rings (SSSR count). The van der Waals surface area contributed by atoms with Gasteiger partial charge in [0, 0.05) is 12.2 Å². The van der Waals surface area contributed by atoms with E-state index in [2.05, 4.69) is 9.71 Å². The molecule has 1 aromatic heterocycles. The SMILES string of the molecule is CC[C@H](CO)NS(=O)(=O)c1ccc(C(=O)O)cn1. The average molecular weight is 274 g/mol. The third-order valence-corrected chi connectivity index (χ3v) is 3.73. The van der Waals surface area contributed by atoms with Gasteiger partial charge in [-0.05, 0) is 18.6 Å². The van der Waals surface area contributed by atoms with E-state index in [4.69, 9.17) is 10.2 Å². The van der Waals surface area contributed by atoms with Crippen LogP contribution in [0.3, 0.4) is 0 Å². The Kier molecular flexibility index (Phi) is 4.76. The van der Waals surface area contributed by atoms with Crippen molar-refractivity contribution in [2.45, 2.75) is 24.4 Å². The number of pyridine rings is 1. The Morgan fingerprint density at radius 1 is 1.50 bits per heavy atom. The molecule has 0 unspecified atom stereocenters. The number of hydrogen-bond acceptors (Lipinski definition) is 5. The average Bonchev–Trinajstić information content (AvgIpc) is 2.36. The Hall–Kier alpha value is -1.51. The number of carboxylic acids is 1. The monoisotopic (exact) mass is 274 g/mol. The standard InChI is InChI=1S/C10H14N2O5S/c1-2-8(6-13)12-18(16,17)9-4-3-7(5-11-9)10(14)15/h3-5,8,12-13H,2,6H2,1H3,(H,14,15)/t8-/m1/s1. The number of aliphatic hydroxyl groups is 1. The molecule has 0 bridgehead atoms. The number of nitrogens with zero attached hydrogens (tertiary/aromatic N) is 1.